The molecule has 0 aromatic rings. The highest BCUT2D eigenvalue weighted by Crippen LogP contribution is 2.10. The van der Waals surface area contributed by atoms with E-state index in [1.165, 1.54) is 96.3 Å². The van der Waals surface area contributed by atoms with Gasteiger partial charge in [0.2, 0.25) is 0 Å². The Kier molecular flexibility index (Phi) is 25.7. The van der Waals surface area contributed by atoms with E-state index in [2.05, 4.69) is 13.8 Å². The minimum atomic E-state index is -3.73. The molecular formula is C22H49NO3S. The topological polar surface area (TPSA) is 80.4 Å². The molecule has 0 aromatic heterocycles. The van der Waals surface area contributed by atoms with E-state index in [-0.39, 0.29) is 5.75 Å². The fraction of sp³-hybridized carbons (Fsp3) is 1.00. The molecule has 0 aromatic carbocycles. The minimum absolute atomic E-state index is 0.0814. The van der Waals surface area contributed by atoms with Gasteiger partial charge in [-0.3, -0.25) is 4.55 Å². The van der Waals surface area contributed by atoms with E-state index in [1.807, 2.05) is 0 Å². The second-order valence-electron chi connectivity index (χ2n) is 7.73. The van der Waals surface area contributed by atoms with Gasteiger partial charge < -0.3 is 5.73 Å². The number of nitrogens with two attached hydrogens (primary N) is 1. The maximum absolute atomic E-state index is 10.4. The number of rotatable bonds is 19. The first-order valence-corrected chi connectivity index (χ1v) is 13.2. The molecule has 0 saturated carbocycles. The van der Waals surface area contributed by atoms with Crippen molar-refractivity contribution in [1.29, 1.82) is 0 Å². The summed E-state index contributed by atoms with van der Waals surface area (Å²) in [5.74, 6) is -0.0814. The zero-order valence-corrected chi connectivity index (χ0v) is 19.2. The van der Waals surface area contributed by atoms with E-state index in [4.69, 9.17) is 10.3 Å². The Morgan fingerprint density at radius 2 is 0.852 bits per heavy atom. The van der Waals surface area contributed by atoms with E-state index < -0.39 is 10.1 Å². The molecule has 0 atom stereocenters. The van der Waals surface area contributed by atoms with Crippen LogP contribution < -0.4 is 5.73 Å². The summed E-state index contributed by atoms with van der Waals surface area (Å²) in [6.07, 6.45) is 22.8. The molecule has 0 spiro atoms. The maximum Gasteiger partial charge on any atom is 0.264 e. The average molecular weight is 408 g/mol. The van der Waals surface area contributed by atoms with Crippen molar-refractivity contribution in [2.24, 2.45) is 5.73 Å². The average Bonchev–Trinajstić information content (AvgIpc) is 2.62. The molecule has 0 bridgehead atoms. The Balaban J connectivity index is 0. The first-order valence-electron chi connectivity index (χ1n) is 11.6. The van der Waals surface area contributed by atoms with Crippen molar-refractivity contribution in [3.05, 3.63) is 0 Å². The van der Waals surface area contributed by atoms with Gasteiger partial charge >= 0.3 is 0 Å². The van der Waals surface area contributed by atoms with Crippen molar-refractivity contribution in [2.75, 3.05) is 12.3 Å². The molecule has 0 amide bonds. The van der Waals surface area contributed by atoms with E-state index in [9.17, 15) is 8.42 Å². The van der Waals surface area contributed by atoms with Gasteiger partial charge in [0.15, 0.2) is 0 Å². The van der Waals surface area contributed by atoms with Crippen LogP contribution in [0.4, 0.5) is 0 Å². The van der Waals surface area contributed by atoms with Crippen LogP contribution in [0.2, 0.25) is 0 Å². The number of unbranched alkanes of at least 4 members (excludes halogenated alkanes) is 16. The lowest BCUT2D eigenvalue weighted by atomic mass is 10.1. The molecule has 0 saturated heterocycles. The number of hydrogen-bond donors (Lipinski definition) is 2. The van der Waals surface area contributed by atoms with Gasteiger partial charge in [-0.15, -0.1) is 0 Å². The smallest absolute Gasteiger partial charge is 0.264 e. The van der Waals surface area contributed by atoms with Crippen molar-refractivity contribution in [2.45, 2.75) is 129 Å². The van der Waals surface area contributed by atoms with Crippen molar-refractivity contribution < 1.29 is 13.0 Å². The Bertz CT molecular complexity index is 349. The van der Waals surface area contributed by atoms with Gasteiger partial charge in [0.05, 0.1) is 5.75 Å². The van der Waals surface area contributed by atoms with Crippen molar-refractivity contribution >= 4 is 10.1 Å². The lowest BCUT2D eigenvalue weighted by Gasteiger charge is -2.00. The third-order valence-electron chi connectivity index (χ3n) is 4.81. The lowest BCUT2D eigenvalue weighted by molar-refractivity contribution is 0.478. The molecule has 0 heterocycles. The summed E-state index contributed by atoms with van der Waals surface area (Å²) in [7, 11) is -3.73. The van der Waals surface area contributed by atoms with Crippen LogP contribution in [0.1, 0.15) is 129 Å². The first kappa shape index (κ1) is 29.1. The predicted octanol–water partition coefficient (Wildman–Crippen LogP) is 6.88. The van der Waals surface area contributed by atoms with E-state index in [1.54, 1.807) is 0 Å². The van der Waals surface area contributed by atoms with Crippen LogP contribution in [-0.4, -0.2) is 25.3 Å². The molecule has 166 valence electrons. The Labute approximate surface area is 170 Å². The largest absolute Gasteiger partial charge is 0.330 e. The summed E-state index contributed by atoms with van der Waals surface area (Å²) in [5, 5.41) is 0. The lowest BCUT2D eigenvalue weighted by Crippen LogP contribution is -2.03. The monoisotopic (exact) mass is 407 g/mol. The van der Waals surface area contributed by atoms with Crippen LogP contribution in [-0.2, 0) is 10.1 Å². The van der Waals surface area contributed by atoms with Crippen molar-refractivity contribution in [3.8, 4) is 0 Å². The highest BCUT2D eigenvalue weighted by Gasteiger charge is 2.02. The summed E-state index contributed by atoms with van der Waals surface area (Å²) in [5.41, 5.74) is 5.42. The van der Waals surface area contributed by atoms with E-state index in [0.29, 0.717) is 6.42 Å². The summed E-state index contributed by atoms with van der Waals surface area (Å²) in [4.78, 5) is 0. The number of hydrogen-bond acceptors (Lipinski definition) is 3. The van der Waals surface area contributed by atoms with Crippen LogP contribution in [0.3, 0.4) is 0 Å². The Morgan fingerprint density at radius 3 is 1.15 bits per heavy atom. The van der Waals surface area contributed by atoms with Crippen molar-refractivity contribution in [1.82, 2.24) is 0 Å². The van der Waals surface area contributed by atoms with Gasteiger partial charge in [-0.05, 0) is 19.4 Å². The van der Waals surface area contributed by atoms with Crippen molar-refractivity contribution in [3.63, 3.8) is 0 Å². The Morgan fingerprint density at radius 1 is 0.556 bits per heavy atom. The van der Waals surface area contributed by atoms with Crippen LogP contribution in [0.5, 0.6) is 0 Å². The van der Waals surface area contributed by atoms with Gasteiger partial charge in [0.25, 0.3) is 10.1 Å². The predicted molar refractivity (Wildman–Crippen MR) is 120 cm³/mol. The zero-order chi connectivity index (χ0) is 20.6. The summed E-state index contributed by atoms with van der Waals surface area (Å²) < 4.78 is 29.2. The highest BCUT2D eigenvalue weighted by atomic mass is 32.2. The Hall–Kier alpha value is -0.130. The van der Waals surface area contributed by atoms with Crippen LogP contribution in [0.25, 0.3) is 0 Å². The third-order valence-corrected chi connectivity index (χ3v) is 5.62. The molecule has 0 unspecified atom stereocenters. The van der Waals surface area contributed by atoms with E-state index in [0.717, 1.165) is 19.4 Å². The second kappa shape index (κ2) is 23.9. The van der Waals surface area contributed by atoms with Gasteiger partial charge in [-0.1, -0.05) is 117 Å². The van der Waals surface area contributed by atoms with Gasteiger partial charge in [-0.2, -0.15) is 8.42 Å². The van der Waals surface area contributed by atoms with E-state index >= 15 is 0 Å². The fourth-order valence-corrected chi connectivity index (χ4v) is 3.62. The fourth-order valence-electron chi connectivity index (χ4n) is 3.05. The van der Waals surface area contributed by atoms with Crippen LogP contribution in [0.15, 0.2) is 0 Å². The first-order chi connectivity index (χ1) is 13.0. The second-order valence-corrected chi connectivity index (χ2v) is 9.30. The van der Waals surface area contributed by atoms with Gasteiger partial charge in [-0.25, -0.2) is 0 Å². The molecule has 3 N–H and O–H groups in total. The third kappa shape index (κ3) is 33.8. The summed E-state index contributed by atoms with van der Waals surface area (Å²) in [6, 6.07) is 0. The molecule has 5 heteroatoms. The molecule has 0 rings (SSSR count). The standard InChI is InChI=1S/C12H27N.C10H22O3S/c1-2-3-4-5-6-7-8-9-10-11-12-13;1-2-3-4-5-6-7-8-9-10-14(11,12)13/h2-13H2,1H3;2-10H2,1H3,(H,11,12,13). The zero-order valence-electron chi connectivity index (χ0n) is 18.4. The highest BCUT2D eigenvalue weighted by molar-refractivity contribution is 7.85. The molecular weight excluding hydrogens is 358 g/mol. The van der Waals surface area contributed by atoms with Crippen LogP contribution in [0, 0.1) is 0 Å². The molecule has 0 fully saturated rings. The quantitative estimate of drug-likeness (QED) is 0.181. The molecule has 0 aliphatic heterocycles. The van der Waals surface area contributed by atoms with Gasteiger partial charge in [0, 0.05) is 0 Å². The van der Waals surface area contributed by atoms with Gasteiger partial charge in [0.1, 0.15) is 0 Å². The van der Waals surface area contributed by atoms with Crippen LogP contribution >= 0.6 is 0 Å². The molecule has 0 radical (unpaired) electrons. The SMILES string of the molecule is CCCCCCCCCCCCN.CCCCCCCCCCS(=O)(=O)O. The summed E-state index contributed by atoms with van der Waals surface area (Å²) >= 11 is 0. The molecule has 4 nitrogen and oxygen atoms in total. The molecule has 0 aliphatic carbocycles. The molecule has 27 heavy (non-hydrogen) atoms. The summed E-state index contributed by atoms with van der Waals surface area (Å²) in [6.45, 7) is 5.33. The maximum atomic E-state index is 10.4. The normalized spacial score (nSPS) is 11.3. The minimum Gasteiger partial charge on any atom is -0.330 e. The molecule has 0 aliphatic rings.